The number of nitrogens with zero attached hydrogens (tertiary/aromatic N) is 4. The predicted molar refractivity (Wildman–Crippen MR) is 147 cm³/mol. The average molecular weight is 463 g/mol. The summed E-state index contributed by atoms with van der Waals surface area (Å²) in [5.41, 5.74) is 5.27. The molecule has 170 valence electrons. The number of aromatic nitrogens is 4. The van der Waals surface area contributed by atoms with E-state index in [4.69, 9.17) is 15.0 Å². The van der Waals surface area contributed by atoms with E-state index in [-0.39, 0.29) is 0 Å². The van der Waals surface area contributed by atoms with Gasteiger partial charge in [0, 0.05) is 21.9 Å². The second kappa shape index (κ2) is 8.14. The first-order valence-electron chi connectivity index (χ1n) is 12.1. The van der Waals surface area contributed by atoms with Crippen LogP contribution < -0.4 is 0 Å². The second-order valence-electron chi connectivity index (χ2n) is 9.08. The van der Waals surface area contributed by atoms with Crippen molar-refractivity contribution in [2.75, 3.05) is 0 Å². The molecule has 0 unspecified atom stereocenters. The molecule has 2 aromatic heterocycles. The van der Waals surface area contributed by atoms with E-state index in [9.17, 15) is 0 Å². The van der Waals surface area contributed by atoms with Crippen LogP contribution in [0, 0.1) is 6.92 Å². The molecule has 0 radical (unpaired) electrons. The summed E-state index contributed by atoms with van der Waals surface area (Å²) in [4.78, 5) is 14.9. The van der Waals surface area contributed by atoms with Crippen molar-refractivity contribution in [3.05, 3.63) is 121 Å². The van der Waals surface area contributed by atoms with Gasteiger partial charge in [-0.05, 0) is 35.9 Å². The van der Waals surface area contributed by atoms with Crippen LogP contribution in [0.25, 0.3) is 61.3 Å². The third-order valence-corrected chi connectivity index (χ3v) is 6.71. The Morgan fingerprint density at radius 2 is 1.11 bits per heavy atom. The largest absolute Gasteiger partial charge is 0.278 e. The molecule has 0 aliphatic carbocycles. The van der Waals surface area contributed by atoms with Crippen molar-refractivity contribution in [2.24, 2.45) is 0 Å². The highest BCUT2D eigenvalue weighted by molar-refractivity contribution is 6.13. The van der Waals surface area contributed by atoms with Crippen molar-refractivity contribution in [3.8, 4) is 28.7 Å². The number of fused-ring (bicyclic) bond motifs is 4. The quantitative estimate of drug-likeness (QED) is 0.269. The highest BCUT2D eigenvalue weighted by Gasteiger charge is 2.18. The molecule has 0 amide bonds. The SMILES string of the molecule is Cc1ccc(-c2nc(-c3ccccc3)nc(-n3c4ccccc4c4cc5ccccc5cc43)n2)cc1. The molecule has 0 fully saturated rings. The van der Waals surface area contributed by atoms with Gasteiger partial charge in [0.1, 0.15) is 0 Å². The molecular weight excluding hydrogens is 440 g/mol. The van der Waals surface area contributed by atoms with E-state index in [0.29, 0.717) is 17.6 Å². The molecular formula is C32H22N4. The van der Waals surface area contributed by atoms with Gasteiger partial charge in [-0.2, -0.15) is 9.97 Å². The van der Waals surface area contributed by atoms with Crippen molar-refractivity contribution < 1.29 is 0 Å². The van der Waals surface area contributed by atoms with Gasteiger partial charge in [-0.1, -0.05) is 103 Å². The van der Waals surface area contributed by atoms with Gasteiger partial charge in [-0.3, -0.25) is 4.57 Å². The van der Waals surface area contributed by atoms with Gasteiger partial charge < -0.3 is 0 Å². The molecule has 0 spiro atoms. The van der Waals surface area contributed by atoms with Gasteiger partial charge >= 0.3 is 0 Å². The fourth-order valence-electron chi connectivity index (χ4n) is 4.88. The van der Waals surface area contributed by atoms with Crippen LogP contribution in [-0.4, -0.2) is 19.5 Å². The first kappa shape index (κ1) is 20.5. The molecule has 0 saturated heterocycles. The van der Waals surface area contributed by atoms with E-state index in [0.717, 1.165) is 22.2 Å². The predicted octanol–water partition coefficient (Wildman–Crippen LogP) is 7.76. The topological polar surface area (TPSA) is 43.6 Å². The Balaban J connectivity index is 1.57. The van der Waals surface area contributed by atoms with Crippen molar-refractivity contribution >= 4 is 32.6 Å². The van der Waals surface area contributed by atoms with E-state index in [2.05, 4.69) is 96.4 Å². The molecule has 4 heteroatoms. The summed E-state index contributed by atoms with van der Waals surface area (Å²) in [6.07, 6.45) is 0. The van der Waals surface area contributed by atoms with Gasteiger partial charge in [0.15, 0.2) is 11.6 Å². The zero-order valence-corrected chi connectivity index (χ0v) is 19.8. The maximum Gasteiger partial charge on any atom is 0.238 e. The van der Waals surface area contributed by atoms with Crippen LogP contribution in [0.1, 0.15) is 5.56 Å². The average Bonchev–Trinajstić information content (AvgIpc) is 3.25. The Hall–Kier alpha value is -4.83. The number of aryl methyl sites for hydroxylation is 1. The molecule has 0 N–H and O–H groups in total. The third-order valence-electron chi connectivity index (χ3n) is 6.71. The summed E-state index contributed by atoms with van der Waals surface area (Å²) in [5, 5.41) is 4.76. The summed E-state index contributed by atoms with van der Waals surface area (Å²) < 4.78 is 2.17. The van der Waals surface area contributed by atoms with E-state index >= 15 is 0 Å². The normalized spacial score (nSPS) is 11.5. The maximum absolute atomic E-state index is 5.02. The highest BCUT2D eigenvalue weighted by atomic mass is 15.2. The van der Waals surface area contributed by atoms with Crippen LogP contribution in [0.2, 0.25) is 0 Å². The summed E-state index contributed by atoms with van der Waals surface area (Å²) in [5.74, 6) is 1.93. The Labute approximate surface area is 208 Å². The minimum absolute atomic E-state index is 0.612. The molecule has 7 rings (SSSR count). The van der Waals surface area contributed by atoms with E-state index in [1.807, 2.05) is 30.3 Å². The van der Waals surface area contributed by atoms with Gasteiger partial charge in [-0.15, -0.1) is 0 Å². The molecule has 36 heavy (non-hydrogen) atoms. The van der Waals surface area contributed by atoms with Crippen LogP contribution in [0.3, 0.4) is 0 Å². The molecule has 0 aliphatic heterocycles. The molecule has 0 aliphatic rings. The zero-order valence-electron chi connectivity index (χ0n) is 19.8. The summed E-state index contributed by atoms with van der Waals surface area (Å²) in [6, 6.07) is 39.9. The van der Waals surface area contributed by atoms with Crippen LogP contribution in [0.5, 0.6) is 0 Å². The van der Waals surface area contributed by atoms with Crippen LogP contribution in [-0.2, 0) is 0 Å². The van der Waals surface area contributed by atoms with E-state index in [1.54, 1.807) is 0 Å². The standard InChI is InChI=1S/C32H22N4/c1-21-15-17-23(18-16-21)31-33-30(22-9-3-2-4-10-22)34-32(35-31)36-28-14-8-7-13-26(28)27-19-24-11-5-6-12-25(24)20-29(27)36/h2-20H,1H3. The smallest absolute Gasteiger partial charge is 0.238 e. The summed E-state index contributed by atoms with van der Waals surface area (Å²) in [7, 11) is 0. The lowest BCUT2D eigenvalue weighted by Crippen LogP contribution is -2.06. The molecule has 2 heterocycles. The number of benzene rings is 5. The lowest BCUT2D eigenvalue weighted by molar-refractivity contribution is 0.954. The fraction of sp³-hybridized carbons (Fsp3) is 0.0312. The van der Waals surface area contributed by atoms with Gasteiger partial charge in [0.05, 0.1) is 11.0 Å². The first-order valence-corrected chi connectivity index (χ1v) is 12.1. The van der Waals surface area contributed by atoms with Gasteiger partial charge in [-0.25, -0.2) is 4.98 Å². The number of hydrogen-bond acceptors (Lipinski definition) is 3. The lowest BCUT2D eigenvalue weighted by Gasteiger charge is -2.11. The van der Waals surface area contributed by atoms with Crippen LogP contribution >= 0.6 is 0 Å². The van der Waals surface area contributed by atoms with Crippen molar-refractivity contribution in [1.29, 1.82) is 0 Å². The Kier molecular flexibility index (Phi) is 4.64. The van der Waals surface area contributed by atoms with Crippen molar-refractivity contribution in [1.82, 2.24) is 19.5 Å². The minimum Gasteiger partial charge on any atom is -0.278 e. The monoisotopic (exact) mass is 462 g/mol. The van der Waals surface area contributed by atoms with Crippen molar-refractivity contribution in [3.63, 3.8) is 0 Å². The van der Waals surface area contributed by atoms with E-state index < -0.39 is 0 Å². The Morgan fingerprint density at radius 1 is 0.500 bits per heavy atom. The minimum atomic E-state index is 0.612. The second-order valence-corrected chi connectivity index (χ2v) is 9.08. The summed E-state index contributed by atoms with van der Waals surface area (Å²) >= 11 is 0. The maximum atomic E-state index is 5.02. The fourth-order valence-corrected chi connectivity index (χ4v) is 4.88. The first-order chi connectivity index (χ1) is 17.7. The van der Waals surface area contributed by atoms with Crippen LogP contribution in [0.4, 0.5) is 0 Å². The molecule has 0 atom stereocenters. The molecule has 0 saturated carbocycles. The molecule has 4 nitrogen and oxygen atoms in total. The number of hydrogen-bond donors (Lipinski definition) is 0. The summed E-state index contributed by atoms with van der Waals surface area (Å²) in [6.45, 7) is 2.08. The Morgan fingerprint density at radius 3 is 1.86 bits per heavy atom. The number of rotatable bonds is 3. The lowest BCUT2D eigenvalue weighted by atomic mass is 10.1. The van der Waals surface area contributed by atoms with E-state index in [1.165, 1.54) is 27.1 Å². The number of para-hydroxylation sites is 1. The highest BCUT2D eigenvalue weighted by Crippen LogP contribution is 2.34. The van der Waals surface area contributed by atoms with Crippen molar-refractivity contribution in [2.45, 2.75) is 6.92 Å². The van der Waals surface area contributed by atoms with Gasteiger partial charge in [0.25, 0.3) is 0 Å². The third kappa shape index (κ3) is 3.35. The van der Waals surface area contributed by atoms with Crippen LogP contribution in [0.15, 0.2) is 115 Å². The molecule has 5 aromatic carbocycles. The molecule has 7 aromatic rings. The molecule has 0 bridgehead atoms. The van der Waals surface area contributed by atoms with Gasteiger partial charge in [0.2, 0.25) is 5.95 Å². The Bertz CT molecular complexity index is 1880. The zero-order chi connectivity index (χ0) is 24.1.